The molecule has 0 bridgehead atoms. The van der Waals surface area contributed by atoms with Gasteiger partial charge in [0.25, 0.3) is 0 Å². The molecule has 1 amide bonds. The van der Waals surface area contributed by atoms with Crippen LogP contribution in [-0.4, -0.2) is 18.5 Å². The van der Waals surface area contributed by atoms with Crippen LogP contribution in [0.15, 0.2) is 22.7 Å². The number of hydrogen-bond acceptors (Lipinski definition) is 2. The van der Waals surface area contributed by atoms with Gasteiger partial charge in [-0.25, -0.2) is 0 Å². The molecule has 1 unspecified atom stereocenters. The smallest absolute Gasteiger partial charge is 0.243 e. The molecule has 80 valence electrons. The molecule has 2 N–H and O–H groups in total. The van der Waals surface area contributed by atoms with Crippen LogP contribution in [0.3, 0.4) is 0 Å². The van der Waals surface area contributed by atoms with Crippen LogP contribution in [0.25, 0.3) is 0 Å². The minimum absolute atomic E-state index is 0.0296. The first-order chi connectivity index (χ1) is 7.09. The molecule has 0 radical (unpaired) electrons. The van der Waals surface area contributed by atoms with Crippen molar-refractivity contribution in [1.82, 2.24) is 0 Å². The number of halogens is 2. The average Bonchev–Trinajstić information content (AvgIpc) is 2.49. The maximum Gasteiger partial charge on any atom is 0.243 e. The van der Waals surface area contributed by atoms with Crippen LogP contribution in [0.4, 0.5) is 5.69 Å². The summed E-state index contributed by atoms with van der Waals surface area (Å²) in [5.41, 5.74) is 6.48. The van der Waals surface area contributed by atoms with Crippen LogP contribution in [0.1, 0.15) is 6.42 Å². The van der Waals surface area contributed by atoms with E-state index < -0.39 is 0 Å². The summed E-state index contributed by atoms with van der Waals surface area (Å²) in [6.07, 6.45) is 0.702. The molecule has 0 spiro atoms. The lowest BCUT2D eigenvalue weighted by Gasteiger charge is -2.17. The molecule has 5 heteroatoms. The third-order valence-electron chi connectivity index (χ3n) is 2.45. The highest BCUT2D eigenvalue weighted by atomic mass is 79.9. The minimum Gasteiger partial charge on any atom is -0.320 e. The van der Waals surface area contributed by atoms with E-state index in [2.05, 4.69) is 15.9 Å². The molecule has 2 rings (SSSR count). The minimum atomic E-state index is -0.368. The molecule has 1 atom stereocenters. The highest BCUT2D eigenvalue weighted by Gasteiger charge is 2.30. The van der Waals surface area contributed by atoms with Crippen molar-refractivity contribution in [3.05, 3.63) is 27.7 Å². The van der Waals surface area contributed by atoms with Gasteiger partial charge in [-0.05, 0) is 40.5 Å². The van der Waals surface area contributed by atoms with Gasteiger partial charge in [0.1, 0.15) is 0 Å². The second kappa shape index (κ2) is 4.12. The summed E-state index contributed by atoms with van der Waals surface area (Å²) in [4.78, 5) is 13.4. The van der Waals surface area contributed by atoms with Crippen LogP contribution in [0.5, 0.6) is 0 Å². The number of benzene rings is 1. The fourth-order valence-corrected chi connectivity index (χ4v) is 2.54. The fraction of sp³-hybridized carbons (Fsp3) is 0.300. The Bertz CT molecular complexity index is 410. The third-order valence-corrected chi connectivity index (χ3v) is 3.32. The number of hydrogen-bond donors (Lipinski definition) is 1. The first-order valence-electron chi connectivity index (χ1n) is 4.61. The first kappa shape index (κ1) is 10.9. The fourth-order valence-electron chi connectivity index (χ4n) is 1.64. The lowest BCUT2D eigenvalue weighted by molar-refractivity contribution is -0.118. The number of rotatable bonds is 1. The zero-order valence-corrected chi connectivity index (χ0v) is 10.3. The van der Waals surface area contributed by atoms with Crippen molar-refractivity contribution in [3.8, 4) is 0 Å². The highest BCUT2D eigenvalue weighted by Crippen LogP contribution is 2.31. The van der Waals surface area contributed by atoms with Crippen molar-refractivity contribution in [3.63, 3.8) is 0 Å². The Labute approximate surface area is 101 Å². The zero-order chi connectivity index (χ0) is 11.0. The quantitative estimate of drug-likeness (QED) is 0.861. The number of carbonyl (C=O) groups is 1. The largest absolute Gasteiger partial charge is 0.320 e. The topological polar surface area (TPSA) is 46.3 Å². The monoisotopic (exact) mass is 288 g/mol. The molecule has 1 heterocycles. The molecule has 1 aromatic carbocycles. The SMILES string of the molecule is NC1CCN(c2ccc(Cl)cc2Br)C1=O. The van der Waals surface area contributed by atoms with E-state index >= 15 is 0 Å². The number of carbonyl (C=O) groups excluding carboxylic acids is 1. The van der Waals surface area contributed by atoms with Gasteiger partial charge in [-0.1, -0.05) is 11.6 Å². The van der Waals surface area contributed by atoms with Gasteiger partial charge in [0.2, 0.25) is 5.91 Å². The van der Waals surface area contributed by atoms with Crippen LogP contribution in [0.2, 0.25) is 5.02 Å². The third kappa shape index (κ3) is 2.02. The van der Waals surface area contributed by atoms with E-state index in [9.17, 15) is 4.79 Å². The van der Waals surface area contributed by atoms with Crippen molar-refractivity contribution in [2.45, 2.75) is 12.5 Å². The summed E-state index contributed by atoms with van der Waals surface area (Å²) >= 11 is 9.22. The molecular weight excluding hydrogens is 279 g/mol. The van der Waals surface area contributed by atoms with Crippen molar-refractivity contribution in [2.75, 3.05) is 11.4 Å². The summed E-state index contributed by atoms with van der Waals surface area (Å²) in [5.74, 6) is -0.0296. The Morgan fingerprint density at radius 2 is 2.27 bits per heavy atom. The van der Waals surface area contributed by atoms with E-state index in [4.69, 9.17) is 17.3 Å². The molecule has 0 aliphatic carbocycles. The van der Waals surface area contributed by atoms with Crippen molar-refractivity contribution >= 4 is 39.1 Å². The maximum absolute atomic E-state index is 11.7. The molecule has 15 heavy (non-hydrogen) atoms. The number of nitrogens with two attached hydrogens (primary N) is 1. The van der Waals surface area contributed by atoms with Gasteiger partial charge in [-0.2, -0.15) is 0 Å². The number of nitrogens with zero attached hydrogens (tertiary/aromatic N) is 1. The molecule has 1 fully saturated rings. The van der Waals surface area contributed by atoms with Gasteiger partial charge in [0.15, 0.2) is 0 Å². The van der Waals surface area contributed by atoms with E-state index in [-0.39, 0.29) is 11.9 Å². The Balaban J connectivity index is 2.34. The van der Waals surface area contributed by atoms with Gasteiger partial charge >= 0.3 is 0 Å². The van der Waals surface area contributed by atoms with Crippen LogP contribution in [-0.2, 0) is 4.79 Å². The summed E-state index contributed by atoms with van der Waals surface area (Å²) in [5, 5.41) is 0.640. The van der Waals surface area contributed by atoms with Gasteiger partial charge in [0, 0.05) is 16.0 Å². The van der Waals surface area contributed by atoms with Crippen molar-refractivity contribution < 1.29 is 4.79 Å². The molecule has 1 aromatic rings. The van der Waals surface area contributed by atoms with Crippen molar-refractivity contribution in [2.24, 2.45) is 5.73 Å². The molecule has 1 saturated heterocycles. The molecule has 0 saturated carbocycles. The maximum atomic E-state index is 11.7. The highest BCUT2D eigenvalue weighted by molar-refractivity contribution is 9.10. The Morgan fingerprint density at radius 1 is 1.53 bits per heavy atom. The van der Waals surface area contributed by atoms with Gasteiger partial charge < -0.3 is 10.6 Å². The van der Waals surface area contributed by atoms with Crippen molar-refractivity contribution in [1.29, 1.82) is 0 Å². The molecule has 3 nitrogen and oxygen atoms in total. The van der Waals surface area contributed by atoms with E-state index in [0.29, 0.717) is 18.0 Å². The number of anilines is 1. The summed E-state index contributed by atoms with van der Waals surface area (Å²) in [6.45, 7) is 0.667. The Hall–Kier alpha value is -0.580. The van der Waals surface area contributed by atoms with E-state index in [1.807, 2.05) is 6.07 Å². The number of amides is 1. The molecule has 1 aliphatic heterocycles. The van der Waals surface area contributed by atoms with E-state index in [1.54, 1.807) is 17.0 Å². The molecule has 0 aromatic heterocycles. The van der Waals surface area contributed by atoms with Crippen LogP contribution < -0.4 is 10.6 Å². The van der Waals surface area contributed by atoms with Gasteiger partial charge in [0.05, 0.1) is 11.7 Å². The average molecular weight is 290 g/mol. The standard InChI is InChI=1S/C10H10BrClN2O/c11-7-5-6(12)1-2-9(7)14-4-3-8(13)10(14)15/h1-2,5,8H,3-4,13H2. The van der Waals surface area contributed by atoms with E-state index in [0.717, 1.165) is 10.2 Å². The van der Waals surface area contributed by atoms with Gasteiger partial charge in [-0.15, -0.1) is 0 Å². The second-order valence-corrected chi connectivity index (χ2v) is 4.77. The predicted molar refractivity (Wildman–Crippen MR) is 64.1 cm³/mol. The Kier molecular flexibility index (Phi) is 3.00. The molecule has 1 aliphatic rings. The zero-order valence-electron chi connectivity index (χ0n) is 7.91. The van der Waals surface area contributed by atoms with Crippen LogP contribution in [0, 0.1) is 0 Å². The Morgan fingerprint density at radius 3 is 2.80 bits per heavy atom. The van der Waals surface area contributed by atoms with Crippen LogP contribution >= 0.6 is 27.5 Å². The summed E-state index contributed by atoms with van der Waals surface area (Å²) in [6, 6.07) is 4.99. The molecular formula is C10H10BrClN2O. The van der Waals surface area contributed by atoms with E-state index in [1.165, 1.54) is 0 Å². The summed E-state index contributed by atoms with van der Waals surface area (Å²) in [7, 11) is 0. The lowest BCUT2D eigenvalue weighted by atomic mass is 10.3. The lowest BCUT2D eigenvalue weighted by Crippen LogP contribution is -2.34. The van der Waals surface area contributed by atoms with Gasteiger partial charge in [-0.3, -0.25) is 4.79 Å². The first-order valence-corrected chi connectivity index (χ1v) is 5.78. The normalized spacial score (nSPS) is 21.1. The second-order valence-electron chi connectivity index (χ2n) is 3.48. The summed E-state index contributed by atoms with van der Waals surface area (Å²) < 4.78 is 0.817. The predicted octanol–water partition coefficient (Wildman–Crippen LogP) is 2.17.